The van der Waals surface area contributed by atoms with Gasteiger partial charge in [-0.25, -0.2) is 9.97 Å². The summed E-state index contributed by atoms with van der Waals surface area (Å²) in [5.74, 6) is 0.754. The molecule has 4 rings (SSSR count). The molecule has 174 valence electrons. The van der Waals surface area contributed by atoms with Crippen molar-refractivity contribution in [3.05, 3.63) is 77.9 Å². The van der Waals surface area contributed by atoms with Crippen LogP contribution < -0.4 is 10.6 Å². The minimum absolute atomic E-state index is 0.0532. The highest BCUT2D eigenvalue weighted by atomic mass is 16.1. The summed E-state index contributed by atoms with van der Waals surface area (Å²) in [6.45, 7) is 9.29. The first-order chi connectivity index (χ1) is 16.3. The van der Waals surface area contributed by atoms with Gasteiger partial charge in [0.05, 0.1) is 22.5 Å². The van der Waals surface area contributed by atoms with Crippen molar-refractivity contribution < 1.29 is 4.79 Å². The van der Waals surface area contributed by atoms with Crippen LogP contribution in [0.5, 0.6) is 0 Å². The second-order valence-corrected chi connectivity index (χ2v) is 9.43. The van der Waals surface area contributed by atoms with Crippen LogP contribution in [0.25, 0.3) is 22.3 Å². The number of para-hydroxylation sites is 1. The number of anilines is 1. The first-order valence-electron chi connectivity index (χ1n) is 11.4. The molecule has 3 heterocycles. The topological polar surface area (TPSA) is 92.7 Å². The standard InChI is InChI=1S/C27H30N6O/c1-17(19-7-6-8-20-21(26(34)28-5)11-12-29-25(19)20)14-31-24-13-23(32-16-33-24)22-10-9-18(15-30-22)27(2,3)4/h6-13,15-17H,14H2,1-5H3,(H,28,34)(H,31,32,33)/t17-/m1/s1. The number of pyridine rings is 2. The Bertz CT molecular complexity index is 1310. The van der Waals surface area contributed by atoms with Crippen LogP contribution in [0.2, 0.25) is 0 Å². The molecule has 2 N–H and O–H groups in total. The summed E-state index contributed by atoms with van der Waals surface area (Å²) in [5, 5.41) is 6.96. The lowest BCUT2D eigenvalue weighted by Crippen LogP contribution is -2.18. The highest BCUT2D eigenvalue weighted by Gasteiger charge is 2.16. The Labute approximate surface area is 200 Å². The average molecular weight is 455 g/mol. The summed E-state index contributed by atoms with van der Waals surface area (Å²) >= 11 is 0. The van der Waals surface area contributed by atoms with Crippen molar-refractivity contribution >= 4 is 22.6 Å². The molecule has 1 amide bonds. The van der Waals surface area contributed by atoms with Gasteiger partial charge in [0.25, 0.3) is 5.91 Å². The van der Waals surface area contributed by atoms with Gasteiger partial charge in [-0.3, -0.25) is 14.8 Å². The lowest BCUT2D eigenvalue weighted by Gasteiger charge is -2.18. The molecule has 1 atom stereocenters. The smallest absolute Gasteiger partial charge is 0.251 e. The van der Waals surface area contributed by atoms with Gasteiger partial charge in [-0.2, -0.15) is 0 Å². The number of fused-ring (bicyclic) bond motifs is 1. The molecule has 7 heteroatoms. The molecule has 0 radical (unpaired) electrons. The van der Waals surface area contributed by atoms with Gasteiger partial charge in [-0.05, 0) is 28.7 Å². The number of hydrogen-bond donors (Lipinski definition) is 2. The van der Waals surface area contributed by atoms with Crippen LogP contribution in [0.3, 0.4) is 0 Å². The van der Waals surface area contributed by atoms with Gasteiger partial charge in [-0.1, -0.05) is 52.0 Å². The van der Waals surface area contributed by atoms with Crippen LogP contribution in [0.4, 0.5) is 5.82 Å². The van der Waals surface area contributed by atoms with Gasteiger partial charge in [0.1, 0.15) is 12.1 Å². The molecule has 0 fully saturated rings. The quantitative estimate of drug-likeness (QED) is 0.428. The van der Waals surface area contributed by atoms with Gasteiger partial charge in [0, 0.05) is 43.4 Å². The zero-order chi connectivity index (χ0) is 24.3. The van der Waals surface area contributed by atoms with Gasteiger partial charge in [-0.15, -0.1) is 0 Å². The molecular weight excluding hydrogens is 424 g/mol. The van der Waals surface area contributed by atoms with Gasteiger partial charge < -0.3 is 10.6 Å². The summed E-state index contributed by atoms with van der Waals surface area (Å²) in [7, 11) is 1.63. The van der Waals surface area contributed by atoms with E-state index < -0.39 is 0 Å². The Morgan fingerprint density at radius 1 is 1.00 bits per heavy atom. The van der Waals surface area contributed by atoms with Crippen LogP contribution in [0.15, 0.2) is 61.2 Å². The summed E-state index contributed by atoms with van der Waals surface area (Å²) in [5.41, 5.74) is 5.35. The van der Waals surface area contributed by atoms with E-state index in [0.29, 0.717) is 12.1 Å². The summed E-state index contributed by atoms with van der Waals surface area (Å²) in [6.07, 6.45) is 5.15. The Kier molecular flexibility index (Phi) is 6.54. The van der Waals surface area contributed by atoms with E-state index in [1.165, 1.54) is 5.56 Å². The molecule has 0 bridgehead atoms. The van der Waals surface area contributed by atoms with E-state index in [4.69, 9.17) is 0 Å². The van der Waals surface area contributed by atoms with E-state index in [2.05, 4.69) is 70.4 Å². The number of nitrogens with one attached hydrogen (secondary N) is 2. The number of benzene rings is 1. The lowest BCUT2D eigenvalue weighted by molar-refractivity contribution is 0.0964. The maximum absolute atomic E-state index is 12.3. The van der Waals surface area contributed by atoms with Crippen molar-refractivity contribution in [3.63, 3.8) is 0 Å². The zero-order valence-corrected chi connectivity index (χ0v) is 20.3. The number of aromatic nitrogens is 4. The first-order valence-corrected chi connectivity index (χ1v) is 11.4. The highest BCUT2D eigenvalue weighted by Crippen LogP contribution is 2.27. The van der Waals surface area contributed by atoms with E-state index in [9.17, 15) is 4.79 Å². The molecule has 0 aliphatic rings. The fraction of sp³-hybridized carbons (Fsp3) is 0.296. The SMILES string of the molecule is CNC(=O)c1ccnc2c([C@H](C)CNc3cc(-c4ccc(C(C)(C)C)cn4)ncn3)cccc12. The van der Waals surface area contributed by atoms with E-state index >= 15 is 0 Å². The highest BCUT2D eigenvalue weighted by molar-refractivity contribution is 6.06. The maximum atomic E-state index is 12.3. The number of hydrogen-bond acceptors (Lipinski definition) is 6. The van der Waals surface area contributed by atoms with Crippen LogP contribution >= 0.6 is 0 Å². The summed E-state index contributed by atoms with van der Waals surface area (Å²) < 4.78 is 0. The van der Waals surface area contributed by atoms with Crippen LogP contribution in [0, 0.1) is 0 Å². The van der Waals surface area contributed by atoms with Crippen LogP contribution in [-0.4, -0.2) is 39.4 Å². The minimum atomic E-state index is -0.118. The number of nitrogens with zero attached hydrogens (tertiary/aromatic N) is 4. The number of carbonyl (C=O) groups excluding carboxylic acids is 1. The molecular formula is C27H30N6O. The van der Waals surface area contributed by atoms with Crippen molar-refractivity contribution in [1.29, 1.82) is 0 Å². The third-order valence-electron chi connectivity index (χ3n) is 5.95. The van der Waals surface area contributed by atoms with Crippen molar-refractivity contribution in [1.82, 2.24) is 25.3 Å². The van der Waals surface area contributed by atoms with E-state index in [1.807, 2.05) is 30.5 Å². The monoisotopic (exact) mass is 454 g/mol. The molecule has 7 nitrogen and oxygen atoms in total. The normalized spacial score (nSPS) is 12.4. The van der Waals surface area contributed by atoms with Crippen molar-refractivity contribution in [3.8, 4) is 11.4 Å². The van der Waals surface area contributed by atoms with E-state index in [-0.39, 0.29) is 17.2 Å². The molecule has 0 unspecified atom stereocenters. The predicted molar refractivity (Wildman–Crippen MR) is 136 cm³/mol. The Morgan fingerprint density at radius 3 is 2.53 bits per heavy atom. The summed E-state index contributed by atoms with van der Waals surface area (Å²) in [6, 6.07) is 13.7. The Balaban J connectivity index is 1.52. The van der Waals surface area contributed by atoms with Gasteiger partial charge >= 0.3 is 0 Å². The van der Waals surface area contributed by atoms with Gasteiger partial charge in [0.15, 0.2) is 0 Å². The fourth-order valence-electron chi connectivity index (χ4n) is 3.88. The molecule has 0 aliphatic heterocycles. The lowest BCUT2D eigenvalue weighted by atomic mass is 9.88. The van der Waals surface area contributed by atoms with Crippen molar-refractivity contribution in [2.75, 3.05) is 18.9 Å². The second kappa shape index (κ2) is 9.55. The number of amides is 1. The zero-order valence-electron chi connectivity index (χ0n) is 20.3. The van der Waals surface area contributed by atoms with Gasteiger partial charge in [0.2, 0.25) is 0 Å². The number of carbonyl (C=O) groups is 1. The minimum Gasteiger partial charge on any atom is -0.369 e. The molecule has 0 spiro atoms. The predicted octanol–water partition coefficient (Wildman–Crippen LogP) is 4.96. The first kappa shape index (κ1) is 23.3. The summed E-state index contributed by atoms with van der Waals surface area (Å²) in [4.78, 5) is 30.2. The molecule has 34 heavy (non-hydrogen) atoms. The molecule has 0 saturated carbocycles. The Morgan fingerprint density at radius 2 is 1.82 bits per heavy atom. The molecule has 4 aromatic rings. The van der Waals surface area contributed by atoms with E-state index in [1.54, 1.807) is 25.6 Å². The number of rotatable bonds is 6. The fourth-order valence-corrected chi connectivity index (χ4v) is 3.88. The van der Waals surface area contributed by atoms with Crippen LogP contribution in [-0.2, 0) is 5.41 Å². The van der Waals surface area contributed by atoms with Crippen LogP contribution in [0.1, 0.15) is 55.1 Å². The van der Waals surface area contributed by atoms with E-state index in [0.717, 1.165) is 33.7 Å². The Hall–Kier alpha value is -3.87. The second-order valence-electron chi connectivity index (χ2n) is 9.43. The van der Waals surface area contributed by atoms with Crippen molar-refractivity contribution in [2.24, 2.45) is 0 Å². The largest absolute Gasteiger partial charge is 0.369 e. The average Bonchev–Trinajstić information content (AvgIpc) is 2.85. The molecule has 3 aromatic heterocycles. The third-order valence-corrected chi connectivity index (χ3v) is 5.95. The third kappa shape index (κ3) is 4.88. The maximum Gasteiger partial charge on any atom is 0.251 e. The molecule has 1 aromatic carbocycles. The molecule has 0 aliphatic carbocycles. The van der Waals surface area contributed by atoms with Crippen molar-refractivity contribution in [2.45, 2.75) is 39.0 Å². The molecule has 0 saturated heterocycles.